The van der Waals surface area contributed by atoms with Gasteiger partial charge in [0.2, 0.25) is 0 Å². The SMILES string of the molecule is CC(C)(C)OC(=O)N1CC(Oc2ncc(Br)cn2)C1. The number of nitrogens with zero attached hydrogens (tertiary/aromatic N) is 3. The van der Waals surface area contributed by atoms with Gasteiger partial charge in [0.25, 0.3) is 0 Å². The van der Waals surface area contributed by atoms with E-state index in [1.165, 1.54) is 0 Å². The smallest absolute Gasteiger partial charge is 0.410 e. The van der Waals surface area contributed by atoms with Gasteiger partial charge in [0, 0.05) is 12.4 Å². The van der Waals surface area contributed by atoms with Crippen molar-refractivity contribution in [1.82, 2.24) is 14.9 Å². The van der Waals surface area contributed by atoms with Crippen molar-refractivity contribution in [3.05, 3.63) is 16.9 Å². The summed E-state index contributed by atoms with van der Waals surface area (Å²) in [5, 5.41) is 0. The monoisotopic (exact) mass is 329 g/mol. The summed E-state index contributed by atoms with van der Waals surface area (Å²) in [7, 11) is 0. The van der Waals surface area contributed by atoms with Crippen LogP contribution in [0.3, 0.4) is 0 Å². The van der Waals surface area contributed by atoms with Crippen molar-refractivity contribution in [3.8, 4) is 6.01 Å². The summed E-state index contributed by atoms with van der Waals surface area (Å²) in [4.78, 5) is 21.3. The van der Waals surface area contributed by atoms with E-state index < -0.39 is 5.60 Å². The Kier molecular flexibility index (Phi) is 3.93. The van der Waals surface area contributed by atoms with Crippen LogP contribution in [0.1, 0.15) is 20.8 Å². The second-order valence-corrected chi connectivity index (χ2v) is 6.22. The Morgan fingerprint density at radius 1 is 1.37 bits per heavy atom. The van der Waals surface area contributed by atoms with Gasteiger partial charge in [0.05, 0.1) is 17.6 Å². The van der Waals surface area contributed by atoms with Crippen molar-refractivity contribution in [2.75, 3.05) is 13.1 Å². The lowest BCUT2D eigenvalue weighted by molar-refractivity contribution is -0.0244. The normalized spacial score (nSPS) is 15.9. The molecule has 6 nitrogen and oxygen atoms in total. The van der Waals surface area contributed by atoms with Crippen molar-refractivity contribution >= 4 is 22.0 Å². The molecule has 0 aliphatic carbocycles. The fourth-order valence-corrected chi connectivity index (χ4v) is 1.70. The topological polar surface area (TPSA) is 64.5 Å². The molecule has 1 aromatic heterocycles. The van der Waals surface area contributed by atoms with E-state index in [1.807, 2.05) is 20.8 Å². The summed E-state index contributed by atoms with van der Waals surface area (Å²) < 4.78 is 11.6. The molecule has 19 heavy (non-hydrogen) atoms. The van der Waals surface area contributed by atoms with E-state index in [0.29, 0.717) is 19.1 Å². The molecule has 1 fully saturated rings. The minimum atomic E-state index is -0.474. The number of carbonyl (C=O) groups excluding carboxylic acids is 1. The largest absolute Gasteiger partial charge is 0.456 e. The Hall–Kier alpha value is -1.37. The van der Waals surface area contributed by atoms with Gasteiger partial charge in [-0.1, -0.05) is 0 Å². The first-order valence-electron chi connectivity index (χ1n) is 5.95. The summed E-state index contributed by atoms with van der Waals surface area (Å²) in [6.07, 6.45) is 2.84. The molecule has 1 aliphatic rings. The molecule has 1 aliphatic heterocycles. The van der Waals surface area contributed by atoms with Crippen molar-refractivity contribution in [3.63, 3.8) is 0 Å². The minimum absolute atomic E-state index is 0.0753. The van der Waals surface area contributed by atoms with Gasteiger partial charge < -0.3 is 14.4 Å². The van der Waals surface area contributed by atoms with Gasteiger partial charge in [-0.05, 0) is 36.7 Å². The predicted octanol–water partition coefficient (Wildman–Crippen LogP) is 2.24. The van der Waals surface area contributed by atoms with Crippen LogP contribution in [-0.4, -0.2) is 45.8 Å². The minimum Gasteiger partial charge on any atom is -0.456 e. The first-order valence-corrected chi connectivity index (χ1v) is 6.75. The van der Waals surface area contributed by atoms with E-state index in [9.17, 15) is 4.79 Å². The molecule has 0 radical (unpaired) electrons. The molecule has 0 aromatic carbocycles. The third-order valence-electron chi connectivity index (χ3n) is 2.37. The summed E-state index contributed by atoms with van der Waals surface area (Å²) >= 11 is 3.25. The number of likely N-dealkylation sites (tertiary alicyclic amines) is 1. The van der Waals surface area contributed by atoms with Gasteiger partial charge in [0.15, 0.2) is 0 Å². The molecule has 0 unspecified atom stereocenters. The molecule has 1 aromatic rings. The van der Waals surface area contributed by atoms with E-state index in [4.69, 9.17) is 9.47 Å². The highest BCUT2D eigenvalue weighted by molar-refractivity contribution is 9.10. The highest BCUT2D eigenvalue weighted by atomic mass is 79.9. The van der Waals surface area contributed by atoms with Crippen molar-refractivity contribution < 1.29 is 14.3 Å². The number of halogens is 1. The third kappa shape index (κ3) is 4.05. The van der Waals surface area contributed by atoms with Crippen molar-refractivity contribution in [2.24, 2.45) is 0 Å². The van der Waals surface area contributed by atoms with Gasteiger partial charge in [0.1, 0.15) is 11.7 Å². The van der Waals surface area contributed by atoms with Crippen LogP contribution in [0, 0.1) is 0 Å². The van der Waals surface area contributed by atoms with Crippen molar-refractivity contribution in [1.29, 1.82) is 0 Å². The number of hydrogen-bond acceptors (Lipinski definition) is 5. The zero-order chi connectivity index (χ0) is 14.0. The van der Waals surface area contributed by atoms with Crippen LogP contribution in [0.25, 0.3) is 0 Å². The fraction of sp³-hybridized carbons (Fsp3) is 0.583. The van der Waals surface area contributed by atoms with Gasteiger partial charge in [-0.2, -0.15) is 0 Å². The number of carbonyl (C=O) groups is 1. The third-order valence-corrected chi connectivity index (χ3v) is 2.78. The predicted molar refractivity (Wildman–Crippen MR) is 72.0 cm³/mol. The standard InChI is InChI=1S/C12H16BrN3O3/c1-12(2,3)19-11(17)16-6-9(7-16)18-10-14-4-8(13)5-15-10/h4-5,9H,6-7H2,1-3H3. The zero-order valence-electron chi connectivity index (χ0n) is 11.1. The zero-order valence-corrected chi connectivity index (χ0v) is 12.7. The molecule has 0 saturated carbocycles. The van der Waals surface area contributed by atoms with Crippen LogP contribution in [0.5, 0.6) is 6.01 Å². The lowest BCUT2D eigenvalue weighted by atomic mass is 10.2. The summed E-state index contributed by atoms with van der Waals surface area (Å²) in [6.45, 7) is 6.51. The van der Waals surface area contributed by atoms with Gasteiger partial charge in [-0.15, -0.1) is 0 Å². The first-order chi connectivity index (χ1) is 8.83. The van der Waals surface area contributed by atoms with Crippen LogP contribution in [0.15, 0.2) is 16.9 Å². The molecule has 7 heteroatoms. The van der Waals surface area contributed by atoms with Crippen LogP contribution in [0.4, 0.5) is 4.79 Å². The molecule has 0 N–H and O–H groups in total. The summed E-state index contributed by atoms with van der Waals surface area (Å²) in [6, 6.07) is 0.317. The number of hydrogen-bond donors (Lipinski definition) is 0. The molecule has 0 atom stereocenters. The second-order valence-electron chi connectivity index (χ2n) is 5.31. The molecule has 1 amide bonds. The number of ether oxygens (including phenoxy) is 2. The summed E-state index contributed by atoms with van der Waals surface area (Å²) in [5.74, 6) is 0. The van der Waals surface area contributed by atoms with Crippen molar-refractivity contribution in [2.45, 2.75) is 32.5 Å². The fourth-order valence-electron chi connectivity index (χ4n) is 1.50. The lowest BCUT2D eigenvalue weighted by Crippen LogP contribution is -2.57. The Balaban J connectivity index is 1.77. The van der Waals surface area contributed by atoms with Crippen LogP contribution >= 0.6 is 15.9 Å². The maximum atomic E-state index is 11.7. The highest BCUT2D eigenvalue weighted by Gasteiger charge is 2.35. The number of amides is 1. The van der Waals surface area contributed by atoms with Crippen LogP contribution < -0.4 is 4.74 Å². The Bertz CT molecular complexity index is 452. The van der Waals surface area contributed by atoms with E-state index in [-0.39, 0.29) is 12.2 Å². The Morgan fingerprint density at radius 2 is 1.95 bits per heavy atom. The van der Waals surface area contributed by atoms with Crippen LogP contribution in [0.2, 0.25) is 0 Å². The maximum Gasteiger partial charge on any atom is 0.410 e. The molecule has 0 bridgehead atoms. The highest BCUT2D eigenvalue weighted by Crippen LogP contribution is 2.18. The first kappa shape index (κ1) is 14.0. The quantitative estimate of drug-likeness (QED) is 0.832. The van der Waals surface area contributed by atoms with Crippen LogP contribution in [-0.2, 0) is 4.74 Å². The molecule has 0 spiro atoms. The molecular formula is C12H16BrN3O3. The second kappa shape index (κ2) is 5.32. The van der Waals surface area contributed by atoms with E-state index >= 15 is 0 Å². The van der Waals surface area contributed by atoms with E-state index in [1.54, 1.807) is 17.3 Å². The Labute approximate surface area is 120 Å². The molecule has 1 saturated heterocycles. The number of aromatic nitrogens is 2. The van der Waals surface area contributed by atoms with E-state index in [2.05, 4.69) is 25.9 Å². The molecule has 2 rings (SSSR count). The molecule has 104 valence electrons. The van der Waals surface area contributed by atoms with Gasteiger partial charge in [-0.3, -0.25) is 0 Å². The molecule has 2 heterocycles. The average molecular weight is 330 g/mol. The maximum absolute atomic E-state index is 11.7. The van der Waals surface area contributed by atoms with E-state index in [0.717, 1.165) is 4.47 Å². The lowest BCUT2D eigenvalue weighted by Gasteiger charge is -2.38. The van der Waals surface area contributed by atoms with Gasteiger partial charge >= 0.3 is 12.1 Å². The Morgan fingerprint density at radius 3 is 2.47 bits per heavy atom. The number of rotatable bonds is 2. The molecular weight excluding hydrogens is 314 g/mol. The average Bonchev–Trinajstić information content (AvgIpc) is 2.22. The van der Waals surface area contributed by atoms with Gasteiger partial charge in [-0.25, -0.2) is 14.8 Å². The summed E-state index contributed by atoms with van der Waals surface area (Å²) in [5.41, 5.74) is -0.474.